The lowest BCUT2D eigenvalue weighted by Crippen LogP contribution is -2.31. The maximum Gasteiger partial charge on any atom is 0.303 e. The third-order valence-corrected chi connectivity index (χ3v) is 6.72. The summed E-state index contributed by atoms with van der Waals surface area (Å²) in [4.78, 5) is 38.1. The highest BCUT2D eigenvalue weighted by Gasteiger charge is 2.28. The van der Waals surface area contributed by atoms with Crippen LogP contribution in [0.4, 0.5) is 17.1 Å². The molecule has 0 aliphatic carbocycles. The van der Waals surface area contributed by atoms with Gasteiger partial charge in [-0.3, -0.25) is 14.4 Å². The van der Waals surface area contributed by atoms with E-state index in [1.165, 1.54) is 0 Å². The normalized spacial score (nSPS) is 13.5. The predicted octanol–water partition coefficient (Wildman–Crippen LogP) is 5.25. The molecule has 39 heavy (non-hydrogen) atoms. The van der Waals surface area contributed by atoms with Crippen molar-refractivity contribution >= 4 is 57.7 Å². The van der Waals surface area contributed by atoms with Crippen molar-refractivity contribution in [2.45, 2.75) is 26.2 Å². The number of rotatable bonds is 11. The standard InChI is InChI=1S/C30H31ClN4O4/c1-19(36)35(17-3-16-32-2)24-12-10-23(11-13-24)33-29(21-7-4-20(5-8-21)6-15-27(37)38)28-25-14-9-22(31)18-26(25)34-30(28)39/h4-5,7-14,18,32-33H,3,6,15-17H2,1-2H3,(H,34,39)(H,37,38)/b29-28-. The molecule has 0 spiro atoms. The number of nitrogens with one attached hydrogen (secondary N) is 3. The average Bonchev–Trinajstić information content (AvgIpc) is 3.23. The van der Waals surface area contributed by atoms with Crippen molar-refractivity contribution in [1.29, 1.82) is 0 Å². The number of benzene rings is 3. The van der Waals surface area contributed by atoms with Crippen LogP contribution in [0.5, 0.6) is 0 Å². The Labute approximate surface area is 232 Å². The first kappa shape index (κ1) is 27.9. The number of carbonyl (C=O) groups is 3. The molecule has 8 nitrogen and oxygen atoms in total. The highest BCUT2D eigenvalue weighted by molar-refractivity contribution is 6.38. The molecular weight excluding hydrogens is 516 g/mol. The minimum atomic E-state index is -0.852. The Balaban J connectivity index is 1.69. The molecule has 0 unspecified atom stereocenters. The summed E-state index contributed by atoms with van der Waals surface area (Å²) in [5.41, 5.74) is 5.62. The summed E-state index contributed by atoms with van der Waals surface area (Å²) in [6.07, 6.45) is 1.28. The SMILES string of the molecule is CNCCCN(C(C)=O)c1ccc(N/C(=C2\C(=O)Nc3cc(Cl)ccc32)c2ccc(CCC(=O)O)cc2)cc1. The second-order valence-corrected chi connectivity index (χ2v) is 9.72. The van der Waals surface area contributed by atoms with Crippen LogP contribution in [0.3, 0.4) is 0 Å². The van der Waals surface area contributed by atoms with Crippen molar-refractivity contribution in [2.75, 3.05) is 35.7 Å². The van der Waals surface area contributed by atoms with E-state index in [1.807, 2.05) is 61.6 Å². The van der Waals surface area contributed by atoms with Crippen LogP contribution in [0.15, 0.2) is 66.7 Å². The molecule has 3 aromatic carbocycles. The summed E-state index contributed by atoms with van der Waals surface area (Å²) in [5.74, 6) is -1.14. The van der Waals surface area contributed by atoms with Gasteiger partial charge in [-0.15, -0.1) is 0 Å². The molecule has 1 aliphatic rings. The van der Waals surface area contributed by atoms with Crippen LogP contribution < -0.4 is 20.9 Å². The fraction of sp³-hybridized carbons (Fsp3) is 0.233. The first-order valence-corrected chi connectivity index (χ1v) is 13.1. The van der Waals surface area contributed by atoms with Gasteiger partial charge in [0.2, 0.25) is 5.91 Å². The molecule has 1 heterocycles. The van der Waals surface area contributed by atoms with Gasteiger partial charge in [-0.05, 0) is 74.0 Å². The number of aryl methyl sites for hydroxylation is 1. The lowest BCUT2D eigenvalue weighted by Gasteiger charge is -2.22. The van der Waals surface area contributed by atoms with Gasteiger partial charge in [0, 0.05) is 41.9 Å². The van der Waals surface area contributed by atoms with E-state index in [4.69, 9.17) is 16.7 Å². The number of hydrogen-bond acceptors (Lipinski definition) is 5. The van der Waals surface area contributed by atoms with Crippen LogP contribution in [0.2, 0.25) is 5.02 Å². The van der Waals surface area contributed by atoms with E-state index in [1.54, 1.807) is 24.0 Å². The first-order valence-electron chi connectivity index (χ1n) is 12.7. The topological polar surface area (TPSA) is 111 Å². The van der Waals surface area contributed by atoms with E-state index < -0.39 is 5.97 Å². The van der Waals surface area contributed by atoms with Gasteiger partial charge >= 0.3 is 5.97 Å². The Morgan fingerprint density at radius 1 is 1.03 bits per heavy atom. The molecule has 0 saturated heterocycles. The molecule has 0 radical (unpaired) electrons. The van der Waals surface area contributed by atoms with Crippen molar-refractivity contribution in [3.63, 3.8) is 0 Å². The van der Waals surface area contributed by atoms with Gasteiger partial charge in [-0.2, -0.15) is 0 Å². The third-order valence-electron chi connectivity index (χ3n) is 6.48. The van der Waals surface area contributed by atoms with Gasteiger partial charge in [0.25, 0.3) is 5.91 Å². The fourth-order valence-electron chi connectivity index (χ4n) is 4.51. The number of carboxylic acids is 1. The molecule has 0 aromatic heterocycles. The van der Waals surface area contributed by atoms with Gasteiger partial charge in [0.05, 0.1) is 17.0 Å². The van der Waals surface area contributed by atoms with Gasteiger partial charge in [-0.25, -0.2) is 0 Å². The van der Waals surface area contributed by atoms with Crippen LogP contribution in [-0.2, 0) is 20.8 Å². The number of aliphatic carboxylic acids is 1. The Morgan fingerprint density at radius 2 is 1.74 bits per heavy atom. The molecule has 0 fully saturated rings. The summed E-state index contributed by atoms with van der Waals surface area (Å²) in [5, 5.41) is 18.9. The molecule has 4 N–H and O–H groups in total. The number of halogens is 1. The molecule has 4 rings (SSSR count). The lowest BCUT2D eigenvalue weighted by atomic mass is 9.98. The Bertz CT molecular complexity index is 1400. The molecule has 9 heteroatoms. The van der Waals surface area contributed by atoms with Crippen LogP contribution in [-0.4, -0.2) is 43.0 Å². The predicted molar refractivity (Wildman–Crippen MR) is 156 cm³/mol. The zero-order valence-electron chi connectivity index (χ0n) is 21.9. The Hall–Kier alpha value is -4.14. The molecular formula is C30H31ClN4O4. The number of anilines is 3. The highest BCUT2D eigenvalue weighted by Crippen LogP contribution is 2.39. The first-order chi connectivity index (χ1) is 18.8. The fourth-order valence-corrected chi connectivity index (χ4v) is 4.69. The average molecular weight is 547 g/mol. The van der Waals surface area contributed by atoms with Crippen LogP contribution in [0.25, 0.3) is 11.3 Å². The largest absolute Gasteiger partial charge is 0.481 e. The molecule has 0 atom stereocenters. The van der Waals surface area contributed by atoms with Crippen LogP contribution >= 0.6 is 11.6 Å². The lowest BCUT2D eigenvalue weighted by molar-refractivity contribution is -0.137. The van der Waals surface area contributed by atoms with Crippen molar-refractivity contribution < 1.29 is 19.5 Å². The summed E-state index contributed by atoms with van der Waals surface area (Å²) in [7, 11) is 1.88. The van der Waals surface area contributed by atoms with E-state index in [2.05, 4.69) is 16.0 Å². The maximum atomic E-state index is 13.2. The molecule has 3 aromatic rings. The van der Waals surface area contributed by atoms with E-state index >= 15 is 0 Å². The second-order valence-electron chi connectivity index (χ2n) is 9.28. The Kier molecular flexibility index (Phi) is 9.01. The quantitative estimate of drug-likeness (QED) is 0.193. The van der Waals surface area contributed by atoms with Crippen molar-refractivity contribution in [3.05, 3.63) is 88.4 Å². The highest BCUT2D eigenvalue weighted by atomic mass is 35.5. The van der Waals surface area contributed by atoms with Gasteiger partial charge in [-0.1, -0.05) is 41.9 Å². The van der Waals surface area contributed by atoms with E-state index in [0.29, 0.717) is 34.9 Å². The Morgan fingerprint density at radius 3 is 2.38 bits per heavy atom. The molecule has 2 amide bonds. The zero-order valence-corrected chi connectivity index (χ0v) is 22.6. The molecule has 202 valence electrons. The number of hydrogen-bond donors (Lipinski definition) is 4. The van der Waals surface area contributed by atoms with Crippen molar-refractivity contribution in [3.8, 4) is 0 Å². The minimum absolute atomic E-state index is 0.0319. The van der Waals surface area contributed by atoms with Crippen molar-refractivity contribution in [1.82, 2.24) is 5.32 Å². The van der Waals surface area contributed by atoms with Crippen molar-refractivity contribution in [2.24, 2.45) is 0 Å². The van der Waals surface area contributed by atoms with Gasteiger partial charge in [0.15, 0.2) is 0 Å². The minimum Gasteiger partial charge on any atom is -0.481 e. The van der Waals surface area contributed by atoms with Gasteiger partial charge < -0.3 is 26.0 Å². The zero-order chi connectivity index (χ0) is 27.9. The summed E-state index contributed by atoms with van der Waals surface area (Å²) in [6, 6.07) is 20.3. The maximum absolute atomic E-state index is 13.2. The number of carboxylic acid groups (broad SMARTS) is 1. The van der Waals surface area contributed by atoms with Crippen LogP contribution in [0.1, 0.15) is 36.5 Å². The summed E-state index contributed by atoms with van der Waals surface area (Å²) in [6.45, 7) is 2.97. The second kappa shape index (κ2) is 12.6. The number of carbonyl (C=O) groups excluding carboxylic acids is 2. The summed E-state index contributed by atoms with van der Waals surface area (Å²) < 4.78 is 0. The molecule has 0 saturated carbocycles. The molecule has 0 bridgehead atoms. The number of amides is 2. The molecule has 1 aliphatic heterocycles. The van der Waals surface area contributed by atoms with Crippen LogP contribution in [0, 0.1) is 0 Å². The summed E-state index contributed by atoms with van der Waals surface area (Å²) >= 11 is 6.16. The van der Waals surface area contributed by atoms with E-state index in [-0.39, 0.29) is 18.2 Å². The van der Waals surface area contributed by atoms with E-state index in [0.717, 1.165) is 41.0 Å². The number of nitrogens with zero attached hydrogens (tertiary/aromatic N) is 1. The number of fused-ring (bicyclic) bond motifs is 1. The van der Waals surface area contributed by atoms with Gasteiger partial charge in [0.1, 0.15) is 0 Å². The third kappa shape index (κ3) is 6.85. The monoisotopic (exact) mass is 546 g/mol. The van der Waals surface area contributed by atoms with E-state index in [9.17, 15) is 14.4 Å². The smallest absolute Gasteiger partial charge is 0.303 e.